The predicted octanol–water partition coefficient (Wildman–Crippen LogP) is 1.51. The molecule has 0 bridgehead atoms. The van der Waals surface area contributed by atoms with Gasteiger partial charge in [-0.05, 0) is 17.5 Å². The van der Waals surface area contributed by atoms with E-state index in [0.29, 0.717) is 5.82 Å². The van der Waals surface area contributed by atoms with E-state index in [9.17, 15) is 0 Å². The zero-order valence-electron chi connectivity index (χ0n) is 11.8. The molecule has 0 unspecified atom stereocenters. The van der Waals surface area contributed by atoms with Gasteiger partial charge in [-0.15, -0.1) is 0 Å². The highest BCUT2D eigenvalue weighted by molar-refractivity contribution is 5.96. The highest BCUT2D eigenvalue weighted by Gasteiger charge is 2.22. The molecule has 0 aliphatic carbocycles. The third kappa shape index (κ3) is 1.83. The fourth-order valence-electron chi connectivity index (χ4n) is 3.02. The molecule has 3 aromatic rings. The van der Waals surface area contributed by atoms with Gasteiger partial charge in [0.25, 0.3) is 0 Å². The van der Waals surface area contributed by atoms with Gasteiger partial charge in [-0.1, -0.05) is 24.3 Å². The topological polar surface area (TPSA) is 72.9 Å². The number of fused-ring (bicyclic) bond motifs is 2. The Morgan fingerprint density at radius 1 is 1.14 bits per heavy atom. The van der Waals surface area contributed by atoms with Gasteiger partial charge in [-0.2, -0.15) is 5.10 Å². The molecule has 0 saturated carbocycles. The fraction of sp³-hybridized carbons (Fsp3) is 0.267. The third-order valence-corrected chi connectivity index (χ3v) is 4.06. The standard InChI is InChI=1S/C15H16N6/c1-20-14-12(13(16)19-20)15(18-9-17-14)21-7-6-10-4-2-3-5-11(10)8-21/h2-5,9H,6-8H2,1H3,(H2,16,19). The van der Waals surface area contributed by atoms with Crippen molar-refractivity contribution in [1.82, 2.24) is 19.7 Å². The first-order valence-corrected chi connectivity index (χ1v) is 6.99. The molecule has 0 saturated heterocycles. The summed E-state index contributed by atoms with van der Waals surface area (Å²) in [5.41, 5.74) is 9.58. The Hall–Kier alpha value is -2.63. The van der Waals surface area contributed by atoms with E-state index in [2.05, 4.69) is 44.2 Å². The largest absolute Gasteiger partial charge is 0.382 e. The van der Waals surface area contributed by atoms with Crippen LogP contribution < -0.4 is 10.6 Å². The molecule has 1 aromatic carbocycles. The van der Waals surface area contributed by atoms with Crippen molar-refractivity contribution < 1.29 is 0 Å². The van der Waals surface area contributed by atoms with Crippen LogP contribution in [0.25, 0.3) is 11.0 Å². The minimum Gasteiger partial charge on any atom is -0.382 e. The fourth-order valence-corrected chi connectivity index (χ4v) is 3.02. The van der Waals surface area contributed by atoms with Crippen LogP contribution in [0.5, 0.6) is 0 Å². The monoisotopic (exact) mass is 280 g/mol. The van der Waals surface area contributed by atoms with Crippen LogP contribution in [0.3, 0.4) is 0 Å². The van der Waals surface area contributed by atoms with E-state index in [1.54, 1.807) is 11.0 Å². The van der Waals surface area contributed by atoms with Crippen molar-refractivity contribution in [3.63, 3.8) is 0 Å². The molecule has 2 N–H and O–H groups in total. The number of nitrogen functional groups attached to an aromatic ring is 1. The molecule has 0 atom stereocenters. The van der Waals surface area contributed by atoms with Crippen LogP contribution in [0.4, 0.5) is 11.6 Å². The zero-order chi connectivity index (χ0) is 14.4. The Bertz CT molecular complexity index is 822. The molecule has 0 radical (unpaired) electrons. The molecule has 2 aromatic heterocycles. The number of aromatic nitrogens is 4. The first kappa shape index (κ1) is 12.1. The normalized spacial score (nSPS) is 14.4. The van der Waals surface area contributed by atoms with Gasteiger partial charge in [-0.25, -0.2) is 14.6 Å². The second-order valence-corrected chi connectivity index (χ2v) is 5.34. The number of rotatable bonds is 1. The molecule has 6 nitrogen and oxygen atoms in total. The van der Waals surface area contributed by atoms with Crippen molar-refractivity contribution in [2.45, 2.75) is 13.0 Å². The molecule has 6 heteroatoms. The molecule has 21 heavy (non-hydrogen) atoms. The number of benzene rings is 1. The van der Waals surface area contributed by atoms with Crippen molar-refractivity contribution in [2.24, 2.45) is 7.05 Å². The van der Waals surface area contributed by atoms with Gasteiger partial charge in [0.05, 0.1) is 0 Å². The lowest BCUT2D eigenvalue weighted by atomic mass is 10.00. The maximum atomic E-state index is 6.04. The summed E-state index contributed by atoms with van der Waals surface area (Å²) in [5, 5.41) is 5.10. The van der Waals surface area contributed by atoms with Crippen molar-refractivity contribution >= 4 is 22.7 Å². The second-order valence-electron chi connectivity index (χ2n) is 5.34. The van der Waals surface area contributed by atoms with Gasteiger partial charge in [0.2, 0.25) is 0 Å². The quantitative estimate of drug-likeness (QED) is 0.731. The lowest BCUT2D eigenvalue weighted by Gasteiger charge is -2.30. The molecular formula is C15H16N6. The summed E-state index contributed by atoms with van der Waals surface area (Å²) in [6, 6.07) is 8.54. The average molecular weight is 280 g/mol. The van der Waals surface area contributed by atoms with Crippen LogP contribution in [0.1, 0.15) is 11.1 Å². The molecule has 0 spiro atoms. The van der Waals surface area contributed by atoms with E-state index in [1.807, 2.05) is 7.05 Å². The van der Waals surface area contributed by atoms with Crippen LogP contribution in [0.2, 0.25) is 0 Å². The molecule has 4 rings (SSSR count). The van der Waals surface area contributed by atoms with Crippen molar-refractivity contribution in [3.05, 3.63) is 41.7 Å². The summed E-state index contributed by atoms with van der Waals surface area (Å²) in [7, 11) is 1.85. The number of aryl methyl sites for hydroxylation is 1. The van der Waals surface area contributed by atoms with Gasteiger partial charge in [0.15, 0.2) is 11.5 Å². The molecule has 1 aliphatic rings. The highest BCUT2D eigenvalue weighted by atomic mass is 15.3. The Morgan fingerprint density at radius 3 is 2.81 bits per heavy atom. The number of nitrogens with zero attached hydrogens (tertiary/aromatic N) is 5. The average Bonchev–Trinajstić information content (AvgIpc) is 2.82. The first-order chi connectivity index (χ1) is 10.2. The lowest BCUT2D eigenvalue weighted by Crippen LogP contribution is -2.31. The van der Waals surface area contributed by atoms with Gasteiger partial charge >= 0.3 is 0 Å². The van der Waals surface area contributed by atoms with Crippen LogP contribution >= 0.6 is 0 Å². The predicted molar refractivity (Wildman–Crippen MR) is 81.9 cm³/mol. The zero-order valence-corrected chi connectivity index (χ0v) is 11.8. The Labute approximate surface area is 122 Å². The van der Waals surface area contributed by atoms with Crippen molar-refractivity contribution in [1.29, 1.82) is 0 Å². The van der Waals surface area contributed by atoms with Crippen LogP contribution in [-0.4, -0.2) is 26.3 Å². The second kappa shape index (κ2) is 4.44. The van der Waals surface area contributed by atoms with E-state index in [-0.39, 0.29) is 0 Å². The number of nitrogens with two attached hydrogens (primary N) is 1. The van der Waals surface area contributed by atoms with E-state index in [1.165, 1.54) is 11.1 Å². The minimum atomic E-state index is 0.488. The number of anilines is 2. The molecule has 3 heterocycles. The summed E-state index contributed by atoms with van der Waals surface area (Å²) >= 11 is 0. The third-order valence-electron chi connectivity index (χ3n) is 4.06. The summed E-state index contributed by atoms with van der Waals surface area (Å²) in [6.07, 6.45) is 2.60. The van der Waals surface area contributed by atoms with E-state index >= 15 is 0 Å². The number of hydrogen-bond acceptors (Lipinski definition) is 5. The van der Waals surface area contributed by atoms with Gasteiger partial charge in [0.1, 0.15) is 17.5 Å². The number of hydrogen-bond donors (Lipinski definition) is 1. The first-order valence-electron chi connectivity index (χ1n) is 6.99. The van der Waals surface area contributed by atoms with Crippen LogP contribution in [-0.2, 0) is 20.0 Å². The van der Waals surface area contributed by atoms with Crippen molar-refractivity contribution in [2.75, 3.05) is 17.2 Å². The SMILES string of the molecule is Cn1nc(N)c2c(N3CCc4ccccc4C3)ncnc21. The van der Waals surface area contributed by atoms with E-state index < -0.39 is 0 Å². The van der Waals surface area contributed by atoms with E-state index in [4.69, 9.17) is 5.73 Å². The summed E-state index contributed by atoms with van der Waals surface area (Å²) in [5.74, 6) is 1.36. The Kier molecular flexibility index (Phi) is 2.57. The maximum absolute atomic E-state index is 6.04. The van der Waals surface area contributed by atoms with Crippen LogP contribution in [0.15, 0.2) is 30.6 Å². The smallest absolute Gasteiger partial charge is 0.165 e. The summed E-state index contributed by atoms with van der Waals surface area (Å²) < 4.78 is 1.70. The molecule has 106 valence electrons. The molecule has 0 amide bonds. The van der Waals surface area contributed by atoms with Gasteiger partial charge in [0, 0.05) is 20.1 Å². The Balaban J connectivity index is 1.82. The highest BCUT2D eigenvalue weighted by Crippen LogP contribution is 2.30. The van der Waals surface area contributed by atoms with Crippen molar-refractivity contribution in [3.8, 4) is 0 Å². The van der Waals surface area contributed by atoms with E-state index in [0.717, 1.165) is 36.4 Å². The van der Waals surface area contributed by atoms with Crippen LogP contribution in [0, 0.1) is 0 Å². The summed E-state index contributed by atoms with van der Waals surface area (Å²) in [6.45, 7) is 1.77. The molecule has 1 aliphatic heterocycles. The summed E-state index contributed by atoms with van der Waals surface area (Å²) in [4.78, 5) is 11.0. The van der Waals surface area contributed by atoms with Gasteiger partial charge in [-0.3, -0.25) is 0 Å². The lowest BCUT2D eigenvalue weighted by molar-refractivity contribution is 0.722. The Morgan fingerprint density at radius 2 is 1.95 bits per heavy atom. The molecule has 0 fully saturated rings. The molecular weight excluding hydrogens is 264 g/mol. The minimum absolute atomic E-state index is 0.488. The van der Waals surface area contributed by atoms with Gasteiger partial charge < -0.3 is 10.6 Å². The maximum Gasteiger partial charge on any atom is 0.165 e.